The molecule has 0 heterocycles. The zero-order chi connectivity index (χ0) is 11.7. The summed E-state index contributed by atoms with van der Waals surface area (Å²) in [5.74, 6) is 0.268. The minimum absolute atomic E-state index is 0.327. The first-order chi connectivity index (χ1) is 7.06. The van der Waals surface area contributed by atoms with Crippen LogP contribution in [0.5, 0.6) is 0 Å². The van der Waals surface area contributed by atoms with Gasteiger partial charge in [-0.05, 0) is 39.0 Å². The van der Waals surface area contributed by atoms with E-state index in [9.17, 15) is 4.79 Å². The van der Waals surface area contributed by atoms with Crippen molar-refractivity contribution in [2.45, 2.75) is 40.0 Å². The second kappa shape index (κ2) is 8.27. The van der Waals surface area contributed by atoms with Crippen molar-refractivity contribution < 1.29 is 9.53 Å². The van der Waals surface area contributed by atoms with E-state index in [4.69, 9.17) is 4.74 Å². The zero-order valence-electron chi connectivity index (χ0n) is 10.1. The van der Waals surface area contributed by atoms with Gasteiger partial charge >= 0.3 is 5.97 Å². The highest BCUT2D eigenvalue weighted by molar-refractivity contribution is 5.81. The molecule has 2 heteroatoms. The molecule has 0 aliphatic rings. The Morgan fingerprint density at radius 2 is 2.07 bits per heavy atom. The summed E-state index contributed by atoms with van der Waals surface area (Å²) in [5.41, 5.74) is 1.36. The van der Waals surface area contributed by atoms with Gasteiger partial charge < -0.3 is 4.74 Å². The monoisotopic (exact) mass is 210 g/mol. The van der Waals surface area contributed by atoms with Crippen LogP contribution in [0.2, 0.25) is 0 Å². The molecule has 0 amide bonds. The molecule has 0 saturated carbocycles. The molecular formula is C13H22O2. The Labute approximate surface area is 93.0 Å². The molecule has 0 aliphatic carbocycles. The Kier molecular flexibility index (Phi) is 7.69. The summed E-state index contributed by atoms with van der Waals surface area (Å²) >= 11 is 0. The third-order valence-corrected chi connectivity index (χ3v) is 2.23. The zero-order valence-corrected chi connectivity index (χ0v) is 10.1. The van der Waals surface area contributed by atoms with Crippen LogP contribution < -0.4 is 0 Å². The van der Waals surface area contributed by atoms with Gasteiger partial charge in [0.25, 0.3) is 0 Å². The molecule has 0 aromatic carbocycles. The van der Waals surface area contributed by atoms with E-state index in [1.54, 1.807) is 0 Å². The number of carbonyl (C=O) groups excluding carboxylic acids is 1. The van der Waals surface area contributed by atoms with E-state index in [1.165, 1.54) is 11.6 Å². The summed E-state index contributed by atoms with van der Waals surface area (Å²) in [5, 5.41) is 0. The van der Waals surface area contributed by atoms with Crippen LogP contribution in [0.25, 0.3) is 0 Å². The molecule has 0 spiro atoms. The summed E-state index contributed by atoms with van der Waals surface area (Å²) in [6.45, 7) is 10.2. The fourth-order valence-corrected chi connectivity index (χ4v) is 1.22. The van der Waals surface area contributed by atoms with Gasteiger partial charge in [-0.25, -0.2) is 4.79 Å². The second-order valence-corrected chi connectivity index (χ2v) is 4.12. The Balaban J connectivity index is 3.49. The first-order valence-corrected chi connectivity index (χ1v) is 5.48. The van der Waals surface area contributed by atoms with Crippen molar-refractivity contribution in [3.63, 3.8) is 0 Å². The SMILES string of the molecule is C=CC(=O)OCCC(C)CCC=C(C)C. The highest BCUT2D eigenvalue weighted by Gasteiger charge is 2.02. The van der Waals surface area contributed by atoms with E-state index < -0.39 is 0 Å². The minimum atomic E-state index is -0.327. The lowest BCUT2D eigenvalue weighted by molar-refractivity contribution is -0.138. The van der Waals surface area contributed by atoms with Gasteiger partial charge in [0, 0.05) is 6.08 Å². The van der Waals surface area contributed by atoms with Gasteiger partial charge in [0.05, 0.1) is 6.61 Å². The summed E-state index contributed by atoms with van der Waals surface area (Å²) in [4.78, 5) is 10.7. The summed E-state index contributed by atoms with van der Waals surface area (Å²) in [6, 6.07) is 0. The van der Waals surface area contributed by atoms with Crippen LogP contribution >= 0.6 is 0 Å². The molecule has 0 N–H and O–H groups in total. The molecule has 0 rings (SSSR count). The van der Waals surface area contributed by atoms with Gasteiger partial charge in [-0.1, -0.05) is 25.2 Å². The van der Waals surface area contributed by atoms with Gasteiger partial charge in [0.2, 0.25) is 0 Å². The highest BCUT2D eigenvalue weighted by Crippen LogP contribution is 2.11. The Morgan fingerprint density at radius 1 is 1.40 bits per heavy atom. The lowest BCUT2D eigenvalue weighted by Gasteiger charge is -2.09. The van der Waals surface area contributed by atoms with Crippen LogP contribution in [0.4, 0.5) is 0 Å². The molecule has 0 radical (unpaired) electrons. The summed E-state index contributed by atoms with van der Waals surface area (Å²) in [7, 11) is 0. The fraction of sp³-hybridized carbons (Fsp3) is 0.615. The molecule has 2 nitrogen and oxygen atoms in total. The van der Waals surface area contributed by atoms with Gasteiger partial charge in [-0.3, -0.25) is 0 Å². The second-order valence-electron chi connectivity index (χ2n) is 4.12. The van der Waals surface area contributed by atoms with Crippen LogP contribution in [0.1, 0.15) is 40.0 Å². The van der Waals surface area contributed by atoms with E-state index >= 15 is 0 Å². The van der Waals surface area contributed by atoms with Crippen LogP contribution in [-0.2, 0) is 9.53 Å². The molecule has 0 aliphatic heterocycles. The van der Waals surface area contributed by atoms with Crippen LogP contribution in [0.15, 0.2) is 24.3 Å². The maximum absolute atomic E-state index is 10.7. The van der Waals surface area contributed by atoms with E-state index in [1.807, 2.05) is 0 Å². The van der Waals surface area contributed by atoms with Gasteiger partial charge in [0.15, 0.2) is 0 Å². The molecule has 0 aromatic rings. The Bertz CT molecular complexity index is 225. The number of allylic oxidation sites excluding steroid dienone is 2. The quantitative estimate of drug-likeness (QED) is 0.365. The number of carbonyl (C=O) groups is 1. The predicted molar refractivity (Wildman–Crippen MR) is 63.6 cm³/mol. The maximum atomic E-state index is 10.7. The average Bonchev–Trinajstić information content (AvgIpc) is 2.17. The number of esters is 1. The molecule has 0 aromatic heterocycles. The summed E-state index contributed by atoms with van der Waals surface area (Å²) in [6.07, 6.45) is 6.63. The fourth-order valence-electron chi connectivity index (χ4n) is 1.22. The number of hydrogen-bond acceptors (Lipinski definition) is 2. The molecule has 15 heavy (non-hydrogen) atoms. The summed E-state index contributed by atoms with van der Waals surface area (Å²) < 4.78 is 4.92. The largest absolute Gasteiger partial charge is 0.463 e. The molecule has 0 fully saturated rings. The van der Waals surface area contributed by atoms with Crippen molar-refractivity contribution in [2.75, 3.05) is 6.61 Å². The standard InChI is InChI=1S/C13H22O2/c1-5-13(14)15-10-9-12(4)8-6-7-11(2)3/h5,7,12H,1,6,8-10H2,2-4H3. The van der Waals surface area contributed by atoms with Gasteiger partial charge in [-0.15, -0.1) is 0 Å². The minimum Gasteiger partial charge on any atom is -0.463 e. The van der Waals surface area contributed by atoms with Crippen molar-refractivity contribution >= 4 is 5.97 Å². The van der Waals surface area contributed by atoms with Crippen LogP contribution in [0.3, 0.4) is 0 Å². The first-order valence-electron chi connectivity index (χ1n) is 5.48. The smallest absolute Gasteiger partial charge is 0.330 e. The molecule has 1 atom stereocenters. The van der Waals surface area contributed by atoms with E-state index in [0.29, 0.717) is 12.5 Å². The number of ether oxygens (including phenoxy) is 1. The average molecular weight is 210 g/mol. The van der Waals surface area contributed by atoms with E-state index in [-0.39, 0.29) is 5.97 Å². The third kappa shape index (κ3) is 9.26. The van der Waals surface area contributed by atoms with Crippen LogP contribution in [0, 0.1) is 5.92 Å². The lowest BCUT2D eigenvalue weighted by Crippen LogP contribution is -2.06. The van der Waals surface area contributed by atoms with E-state index in [0.717, 1.165) is 19.3 Å². The molecule has 0 bridgehead atoms. The molecule has 0 saturated heterocycles. The number of rotatable bonds is 7. The predicted octanol–water partition coefficient (Wildman–Crippen LogP) is 3.49. The number of hydrogen-bond donors (Lipinski definition) is 0. The Hall–Kier alpha value is -1.05. The van der Waals surface area contributed by atoms with Gasteiger partial charge in [-0.2, -0.15) is 0 Å². The van der Waals surface area contributed by atoms with Crippen molar-refractivity contribution in [1.82, 2.24) is 0 Å². The topological polar surface area (TPSA) is 26.3 Å². The van der Waals surface area contributed by atoms with Crippen molar-refractivity contribution in [1.29, 1.82) is 0 Å². The Morgan fingerprint density at radius 3 is 2.60 bits per heavy atom. The van der Waals surface area contributed by atoms with Crippen LogP contribution in [-0.4, -0.2) is 12.6 Å². The van der Waals surface area contributed by atoms with E-state index in [2.05, 4.69) is 33.4 Å². The molecular weight excluding hydrogens is 188 g/mol. The van der Waals surface area contributed by atoms with Crippen molar-refractivity contribution in [3.8, 4) is 0 Å². The molecule has 86 valence electrons. The highest BCUT2D eigenvalue weighted by atomic mass is 16.5. The van der Waals surface area contributed by atoms with Crippen molar-refractivity contribution in [3.05, 3.63) is 24.3 Å². The first kappa shape index (κ1) is 13.9. The lowest BCUT2D eigenvalue weighted by atomic mass is 10.0. The normalized spacial score (nSPS) is 11.7. The molecule has 1 unspecified atom stereocenters. The van der Waals surface area contributed by atoms with Crippen molar-refractivity contribution in [2.24, 2.45) is 5.92 Å². The van der Waals surface area contributed by atoms with Gasteiger partial charge in [0.1, 0.15) is 0 Å². The maximum Gasteiger partial charge on any atom is 0.330 e. The third-order valence-electron chi connectivity index (χ3n) is 2.23.